The van der Waals surface area contributed by atoms with Crippen molar-refractivity contribution in [1.82, 2.24) is 15.2 Å². The molecule has 0 aromatic carbocycles. The van der Waals surface area contributed by atoms with E-state index in [1.54, 1.807) is 6.07 Å². The van der Waals surface area contributed by atoms with Gasteiger partial charge in [0.1, 0.15) is 16.5 Å². The Morgan fingerprint density at radius 2 is 2.12 bits per heavy atom. The number of carbonyl (C=O) groups is 3. The predicted molar refractivity (Wildman–Crippen MR) is 93.1 cm³/mol. The molecule has 1 aliphatic carbocycles. The predicted octanol–water partition coefficient (Wildman–Crippen LogP) is 1.74. The number of hydrogen-bond donors (Lipinski definition) is 3. The molecular weight excluding hydrogens is 392 g/mol. The second kappa shape index (κ2) is 6.29. The number of carboxylic acid groups (broad SMARTS) is 1. The van der Waals surface area contributed by atoms with E-state index in [1.807, 2.05) is 13.0 Å². The van der Waals surface area contributed by atoms with Crippen molar-refractivity contribution in [3.05, 3.63) is 22.3 Å². The van der Waals surface area contributed by atoms with Gasteiger partial charge < -0.3 is 15.7 Å². The summed E-state index contributed by atoms with van der Waals surface area (Å²) in [6.07, 6.45) is -0.0630. The molecule has 3 atom stereocenters. The number of aryl methyl sites for hydroxylation is 1. The molecule has 0 bridgehead atoms. The summed E-state index contributed by atoms with van der Waals surface area (Å²) in [5.41, 5.74) is 0.445. The molecular formula is C16H19BrN4O4. The van der Waals surface area contributed by atoms with Gasteiger partial charge in [-0.25, -0.2) is 9.78 Å². The number of likely N-dealkylation sites (tertiary alicyclic amines) is 1. The maximum Gasteiger partial charge on any atom is 0.408 e. The highest BCUT2D eigenvalue weighted by Gasteiger charge is 2.67. The van der Waals surface area contributed by atoms with Crippen LogP contribution in [0.15, 0.2) is 16.7 Å². The van der Waals surface area contributed by atoms with Crippen LogP contribution in [0.5, 0.6) is 0 Å². The molecule has 1 saturated carbocycles. The summed E-state index contributed by atoms with van der Waals surface area (Å²) in [5, 5.41) is 15.0. The second-order valence-electron chi connectivity index (χ2n) is 6.69. The van der Waals surface area contributed by atoms with E-state index >= 15 is 0 Å². The first kappa shape index (κ1) is 17.7. The van der Waals surface area contributed by atoms with E-state index in [-0.39, 0.29) is 17.4 Å². The zero-order chi connectivity index (χ0) is 18.4. The van der Waals surface area contributed by atoms with Gasteiger partial charge in [-0.05, 0) is 47.3 Å². The van der Waals surface area contributed by atoms with Crippen molar-refractivity contribution >= 4 is 39.7 Å². The maximum atomic E-state index is 12.7. The molecule has 0 spiro atoms. The van der Waals surface area contributed by atoms with Crippen LogP contribution in [-0.2, 0) is 9.59 Å². The number of aromatic nitrogens is 1. The molecule has 9 heteroatoms. The van der Waals surface area contributed by atoms with Gasteiger partial charge in [0, 0.05) is 24.9 Å². The number of rotatable bonds is 4. The third kappa shape index (κ3) is 3.33. The van der Waals surface area contributed by atoms with E-state index in [2.05, 4.69) is 31.5 Å². The number of carbonyl (C=O) groups excluding carboxylic acids is 2. The lowest BCUT2D eigenvalue weighted by molar-refractivity contribution is -0.120. The topological polar surface area (TPSA) is 112 Å². The van der Waals surface area contributed by atoms with E-state index in [0.717, 1.165) is 5.56 Å². The monoisotopic (exact) mass is 410 g/mol. The van der Waals surface area contributed by atoms with Gasteiger partial charge in [-0.3, -0.25) is 14.5 Å². The van der Waals surface area contributed by atoms with E-state index < -0.39 is 18.0 Å². The minimum Gasteiger partial charge on any atom is -0.465 e. The van der Waals surface area contributed by atoms with Crippen LogP contribution in [0, 0.1) is 12.3 Å². The van der Waals surface area contributed by atoms with Gasteiger partial charge in [0.25, 0.3) is 0 Å². The maximum absolute atomic E-state index is 12.7. The summed E-state index contributed by atoms with van der Waals surface area (Å²) in [7, 11) is 0. The van der Waals surface area contributed by atoms with Crippen LogP contribution in [0.2, 0.25) is 0 Å². The number of halogens is 1. The lowest BCUT2D eigenvalue weighted by Gasteiger charge is -2.24. The molecule has 2 aliphatic rings. The Labute approximate surface area is 153 Å². The average Bonchev–Trinajstić information content (AvgIpc) is 3.13. The first-order valence-corrected chi connectivity index (χ1v) is 8.72. The van der Waals surface area contributed by atoms with Gasteiger partial charge in [-0.1, -0.05) is 6.07 Å². The molecule has 1 aliphatic heterocycles. The first-order valence-electron chi connectivity index (χ1n) is 7.93. The van der Waals surface area contributed by atoms with Crippen LogP contribution in [0.3, 0.4) is 0 Å². The van der Waals surface area contributed by atoms with Gasteiger partial charge in [-0.2, -0.15) is 0 Å². The van der Waals surface area contributed by atoms with Crippen LogP contribution in [-0.4, -0.2) is 51.5 Å². The van der Waals surface area contributed by atoms with Crippen LogP contribution in [0.1, 0.15) is 25.3 Å². The number of nitrogens with one attached hydrogen (secondary N) is 2. The normalized spacial score (nSPS) is 26.8. The fourth-order valence-corrected chi connectivity index (χ4v) is 3.83. The van der Waals surface area contributed by atoms with E-state index in [4.69, 9.17) is 0 Å². The van der Waals surface area contributed by atoms with Crippen molar-refractivity contribution in [3.8, 4) is 0 Å². The number of fused-ring (bicyclic) bond motifs is 1. The second-order valence-corrected chi connectivity index (χ2v) is 7.50. The van der Waals surface area contributed by atoms with Gasteiger partial charge in [0.2, 0.25) is 11.8 Å². The quantitative estimate of drug-likeness (QED) is 0.654. The standard InChI is InChI=1S/C16H19BrN4O4/c1-8-3-4-12(17)19-13(8)20-14(23)10-5-16(7-18-9(2)22)6-11(16)21(10)15(24)25/h3-4,10-11H,5-7H2,1-2H3,(H,18,22)(H,24,25)(H,19,20,23). The third-order valence-electron chi connectivity index (χ3n) is 4.94. The molecule has 3 N–H and O–H groups in total. The number of amides is 3. The molecule has 1 aromatic heterocycles. The highest BCUT2D eigenvalue weighted by Crippen LogP contribution is 2.59. The van der Waals surface area contributed by atoms with Crippen molar-refractivity contribution in [2.75, 3.05) is 11.9 Å². The Balaban J connectivity index is 1.76. The Morgan fingerprint density at radius 1 is 1.40 bits per heavy atom. The smallest absolute Gasteiger partial charge is 0.408 e. The Hall–Kier alpha value is -2.16. The molecule has 3 unspecified atom stereocenters. The lowest BCUT2D eigenvalue weighted by atomic mass is 9.99. The van der Waals surface area contributed by atoms with Crippen molar-refractivity contribution in [2.24, 2.45) is 5.41 Å². The number of pyridine rings is 1. The Bertz CT molecular complexity index is 756. The fraction of sp³-hybridized carbons (Fsp3) is 0.500. The van der Waals surface area contributed by atoms with Crippen LogP contribution in [0.25, 0.3) is 0 Å². The summed E-state index contributed by atoms with van der Waals surface area (Å²) < 4.78 is 0.583. The number of nitrogens with zero attached hydrogens (tertiary/aromatic N) is 2. The van der Waals surface area contributed by atoms with Gasteiger partial charge >= 0.3 is 6.09 Å². The summed E-state index contributed by atoms with van der Waals surface area (Å²) in [5.74, 6) is -0.157. The van der Waals surface area contributed by atoms with E-state index in [0.29, 0.717) is 29.8 Å². The van der Waals surface area contributed by atoms with Crippen molar-refractivity contribution in [3.63, 3.8) is 0 Å². The number of piperidine rings is 1. The van der Waals surface area contributed by atoms with E-state index in [1.165, 1.54) is 11.8 Å². The Kier molecular flexibility index (Phi) is 4.44. The van der Waals surface area contributed by atoms with Gasteiger partial charge in [0.05, 0.1) is 0 Å². The zero-order valence-electron chi connectivity index (χ0n) is 13.9. The summed E-state index contributed by atoms with van der Waals surface area (Å²) in [6.45, 7) is 3.62. The van der Waals surface area contributed by atoms with E-state index in [9.17, 15) is 19.5 Å². The summed E-state index contributed by atoms with van der Waals surface area (Å²) >= 11 is 3.26. The number of anilines is 1. The highest BCUT2D eigenvalue weighted by molar-refractivity contribution is 9.10. The minimum atomic E-state index is -1.12. The largest absolute Gasteiger partial charge is 0.465 e. The minimum absolute atomic E-state index is 0.163. The molecule has 0 radical (unpaired) electrons. The molecule has 2 fully saturated rings. The first-order chi connectivity index (χ1) is 11.7. The fourth-order valence-electron chi connectivity index (χ4n) is 3.52. The zero-order valence-corrected chi connectivity index (χ0v) is 15.5. The van der Waals surface area contributed by atoms with Gasteiger partial charge in [-0.15, -0.1) is 0 Å². The lowest BCUT2D eigenvalue weighted by Crippen LogP contribution is -2.45. The molecule has 3 amide bonds. The molecule has 1 saturated heterocycles. The number of hydrogen-bond acceptors (Lipinski definition) is 4. The van der Waals surface area contributed by atoms with Gasteiger partial charge in [0.15, 0.2) is 0 Å². The van der Waals surface area contributed by atoms with Crippen LogP contribution >= 0.6 is 15.9 Å². The van der Waals surface area contributed by atoms with Crippen LogP contribution < -0.4 is 10.6 Å². The van der Waals surface area contributed by atoms with Crippen molar-refractivity contribution < 1.29 is 19.5 Å². The highest BCUT2D eigenvalue weighted by atomic mass is 79.9. The van der Waals surface area contributed by atoms with Crippen LogP contribution in [0.4, 0.5) is 10.6 Å². The molecule has 134 valence electrons. The molecule has 25 heavy (non-hydrogen) atoms. The summed E-state index contributed by atoms with van der Waals surface area (Å²) in [6, 6.07) is 2.56. The molecule has 1 aromatic rings. The third-order valence-corrected chi connectivity index (χ3v) is 5.38. The SMILES string of the molecule is CC(=O)NCC12CC(C(=O)Nc3nc(Br)ccc3C)N(C(=O)O)C1C2. The Morgan fingerprint density at radius 3 is 2.76 bits per heavy atom. The molecule has 8 nitrogen and oxygen atoms in total. The average molecular weight is 411 g/mol. The summed E-state index contributed by atoms with van der Waals surface area (Å²) in [4.78, 5) is 40.9. The molecule has 2 heterocycles. The molecule has 3 rings (SSSR count). The van der Waals surface area contributed by atoms with Crippen molar-refractivity contribution in [2.45, 2.75) is 38.8 Å². The van der Waals surface area contributed by atoms with Crippen molar-refractivity contribution in [1.29, 1.82) is 0 Å².